The Balaban J connectivity index is 2.24. The minimum absolute atomic E-state index is 0.0569. The first kappa shape index (κ1) is 16.3. The van der Waals surface area contributed by atoms with Crippen molar-refractivity contribution in [1.29, 1.82) is 0 Å². The molecule has 0 bridgehead atoms. The number of hydrogen-bond donors (Lipinski definition) is 1. The van der Waals surface area contributed by atoms with E-state index in [1.165, 1.54) is 11.8 Å². The first-order valence-corrected chi connectivity index (χ1v) is 8.36. The molecule has 1 rings (SSSR count). The zero-order valence-electron chi connectivity index (χ0n) is 9.93. The van der Waals surface area contributed by atoms with E-state index in [9.17, 15) is 17.1 Å². The highest BCUT2D eigenvalue weighted by Gasteiger charge is 2.08. The number of hydrogen-bond acceptors (Lipinski definition) is 4. The molecule has 1 aromatic rings. The number of carbonyl (C=O) groups is 1. The predicted octanol–water partition coefficient (Wildman–Crippen LogP) is 2.24. The molecule has 0 saturated heterocycles. The maximum absolute atomic E-state index is 12.2. The van der Waals surface area contributed by atoms with Gasteiger partial charge < -0.3 is 5.32 Å². The van der Waals surface area contributed by atoms with E-state index in [1.807, 2.05) is 6.07 Å². The van der Waals surface area contributed by atoms with Crippen LogP contribution >= 0.6 is 23.4 Å². The summed E-state index contributed by atoms with van der Waals surface area (Å²) in [5.41, 5.74) is 0. The molecule has 0 aliphatic carbocycles. The Morgan fingerprint density at radius 2 is 2.05 bits per heavy atom. The van der Waals surface area contributed by atoms with Gasteiger partial charge in [0.2, 0.25) is 5.91 Å². The molecule has 1 aromatic carbocycles. The van der Waals surface area contributed by atoms with Crippen molar-refractivity contribution in [2.45, 2.75) is 11.3 Å². The van der Waals surface area contributed by atoms with E-state index in [-0.39, 0.29) is 24.6 Å². The minimum Gasteiger partial charge on any atom is -0.355 e. The van der Waals surface area contributed by atoms with Crippen molar-refractivity contribution >= 4 is 39.5 Å². The molecule has 0 radical (unpaired) electrons. The van der Waals surface area contributed by atoms with E-state index < -0.39 is 16.0 Å². The molecule has 0 saturated carbocycles. The van der Waals surface area contributed by atoms with Crippen LogP contribution < -0.4 is 5.32 Å². The minimum atomic E-state index is -4.46. The van der Waals surface area contributed by atoms with Gasteiger partial charge in [-0.25, -0.2) is 0 Å². The van der Waals surface area contributed by atoms with Gasteiger partial charge in [0.25, 0.3) is 0 Å². The van der Waals surface area contributed by atoms with Gasteiger partial charge in [-0.3, -0.25) is 4.79 Å². The molecule has 0 atom stereocenters. The summed E-state index contributed by atoms with van der Waals surface area (Å²) in [6.07, 6.45) is 0.0569. The summed E-state index contributed by atoms with van der Waals surface area (Å²) in [7, 11) is -4.46. The number of nitrogens with one attached hydrogen (secondary N) is 1. The van der Waals surface area contributed by atoms with Crippen LogP contribution in [0.2, 0.25) is 5.02 Å². The molecule has 0 unspecified atom stereocenters. The van der Waals surface area contributed by atoms with E-state index in [1.54, 1.807) is 18.2 Å². The van der Waals surface area contributed by atoms with E-state index >= 15 is 0 Å². The Labute approximate surface area is 120 Å². The lowest BCUT2D eigenvalue weighted by Crippen LogP contribution is -2.27. The van der Waals surface area contributed by atoms with Gasteiger partial charge in [0.1, 0.15) is 0 Å². The van der Waals surface area contributed by atoms with Gasteiger partial charge in [-0.15, -0.1) is 15.6 Å². The zero-order chi connectivity index (χ0) is 14.3. The largest absolute Gasteiger partial charge is 0.355 e. The second-order valence-electron chi connectivity index (χ2n) is 3.67. The van der Waals surface area contributed by atoms with Gasteiger partial charge in [0.05, 0.1) is 16.5 Å². The molecule has 106 valence electrons. The summed E-state index contributed by atoms with van der Waals surface area (Å²) < 4.78 is 32.6. The quantitative estimate of drug-likeness (QED) is 0.474. The van der Waals surface area contributed by atoms with Crippen molar-refractivity contribution in [1.82, 2.24) is 5.32 Å². The Morgan fingerprint density at radius 3 is 2.68 bits per heavy atom. The van der Waals surface area contributed by atoms with Crippen LogP contribution in [-0.2, 0) is 15.0 Å². The number of amides is 1. The topological polar surface area (TPSA) is 63.2 Å². The maximum Gasteiger partial charge on any atom is 0.302 e. The number of benzene rings is 1. The van der Waals surface area contributed by atoms with E-state index in [2.05, 4.69) is 5.32 Å². The third kappa shape index (κ3) is 7.39. The van der Waals surface area contributed by atoms with Crippen molar-refractivity contribution in [3.8, 4) is 0 Å². The predicted molar refractivity (Wildman–Crippen MR) is 74.7 cm³/mol. The first-order chi connectivity index (χ1) is 8.88. The van der Waals surface area contributed by atoms with Gasteiger partial charge in [0.15, 0.2) is 0 Å². The van der Waals surface area contributed by atoms with Crippen LogP contribution in [0.3, 0.4) is 0 Å². The smallest absolute Gasteiger partial charge is 0.302 e. The monoisotopic (exact) mass is 325 g/mol. The summed E-state index contributed by atoms with van der Waals surface area (Å²) in [6.45, 7) is 0.130. The SMILES string of the molecule is O=C(CSc1ccccc1Cl)NCCCS(=O)(=O)F. The molecule has 0 fully saturated rings. The summed E-state index contributed by atoms with van der Waals surface area (Å²) in [5, 5.41) is 3.08. The maximum atomic E-state index is 12.2. The van der Waals surface area contributed by atoms with Gasteiger partial charge in [-0.1, -0.05) is 23.7 Å². The fourth-order valence-corrected chi connectivity index (χ4v) is 2.79. The Morgan fingerprint density at radius 1 is 1.37 bits per heavy atom. The van der Waals surface area contributed by atoms with Gasteiger partial charge >= 0.3 is 10.2 Å². The Kier molecular flexibility index (Phi) is 6.60. The molecule has 0 aliphatic rings. The van der Waals surface area contributed by atoms with Crippen molar-refractivity contribution in [3.63, 3.8) is 0 Å². The standard InChI is InChI=1S/C11H13ClFNO3S2/c12-9-4-1-2-5-10(9)18-8-11(15)14-6-3-7-19(13,16)17/h1-2,4-5H,3,6-8H2,(H,14,15). The average Bonchev–Trinajstić information content (AvgIpc) is 2.32. The molecule has 19 heavy (non-hydrogen) atoms. The van der Waals surface area contributed by atoms with Crippen LogP contribution in [0.15, 0.2) is 29.2 Å². The lowest BCUT2D eigenvalue weighted by atomic mass is 10.4. The fraction of sp³-hybridized carbons (Fsp3) is 0.364. The third-order valence-electron chi connectivity index (χ3n) is 2.08. The highest BCUT2D eigenvalue weighted by Crippen LogP contribution is 2.26. The number of thioether (sulfide) groups is 1. The third-order valence-corrected chi connectivity index (χ3v) is 4.37. The van der Waals surface area contributed by atoms with Crippen molar-refractivity contribution in [3.05, 3.63) is 29.3 Å². The van der Waals surface area contributed by atoms with E-state index in [4.69, 9.17) is 11.6 Å². The highest BCUT2D eigenvalue weighted by molar-refractivity contribution is 8.00. The average molecular weight is 326 g/mol. The van der Waals surface area contributed by atoms with Crippen molar-refractivity contribution < 1.29 is 17.1 Å². The Bertz CT molecular complexity index is 536. The first-order valence-electron chi connectivity index (χ1n) is 5.45. The molecule has 4 nitrogen and oxygen atoms in total. The molecule has 1 amide bonds. The molecule has 1 N–H and O–H groups in total. The molecular weight excluding hydrogens is 313 g/mol. The normalized spacial score (nSPS) is 11.3. The number of halogens is 2. The number of carbonyl (C=O) groups excluding carboxylic acids is 1. The summed E-state index contributed by atoms with van der Waals surface area (Å²) >= 11 is 7.21. The second-order valence-corrected chi connectivity index (χ2v) is 6.58. The molecule has 0 aromatic heterocycles. The van der Waals surface area contributed by atoms with Gasteiger partial charge in [-0.05, 0) is 18.6 Å². The van der Waals surface area contributed by atoms with Crippen LogP contribution in [0.5, 0.6) is 0 Å². The van der Waals surface area contributed by atoms with Crippen LogP contribution in [0.1, 0.15) is 6.42 Å². The second kappa shape index (κ2) is 7.72. The van der Waals surface area contributed by atoms with E-state index in [0.717, 1.165) is 4.90 Å². The van der Waals surface area contributed by atoms with Crippen molar-refractivity contribution in [2.75, 3.05) is 18.1 Å². The van der Waals surface area contributed by atoms with Gasteiger partial charge in [0, 0.05) is 11.4 Å². The van der Waals surface area contributed by atoms with Crippen LogP contribution in [0, 0.1) is 0 Å². The molecule has 0 aliphatic heterocycles. The lowest BCUT2D eigenvalue weighted by molar-refractivity contribution is -0.118. The zero-order valence-corrected chi connectivity index (χ0v) is 12.3. The molecule has 0 heterocycles. The molecule has 8 heteroatoms. The molecular formula is C11H13ClFNO3S2. The highest BCUT2D eigenvalue weighted by atomic mass is 35.5. The fourth-order valence-electron chi connectivity index (χ4n) is 1.23. The Hall–Kier alpha value is -0.790. The summed E-state index contributed by atoms with van der Waals surface area (Å²) in [4.78, 5) is 12.2. The van der Waals surface area contributed by atoms with Crippen LogP contribution in [0.25, 0.3) is 0 Å². The van der Waals surface area contributed by atoms with Gasteiger partial charge in [-0.2, -0.15) is 8.42 Å². The van der Waals surface area contributed by atoms with Crippen LogP contribution in [0.4, 0.5) is 3.89 Å². The lowest BCUT2D eigenvalue weighted by Gasteiger charge is -2.05. The number of rotatable bonds is 7. The van der Waals surface area contributed by atoms with E-state index in [0.29, 0.717) is 5.02 Å². The van der Waals surface area contributed by atoms with Crippen LogP contribution in [-0.4, -0.2) is 32.4 Å². The molecule has 0 spiro atoms. The summed E-state index contributed by atoms with van der Waals surface area (Å²) in [5.74, 6) is -0.655. The van der Waals surface area contributed by atoms with Crippen molar-refractivity contribution in [2.24, 2.45) is 0 Å². The summed E-state index contributed by atoms with van der Waals surface area (Å²) in [6, 6.07) is 7.14.